The summed E-state index contributed by atoms with van der Waals surface area (Å²) >= 11 is 0. The number of halogens is 2. The molecular weight excluding hydrogens is 326 g/mol. The van der Waals surface area contributed by atoms with Crippen LogP contribution in [0.1, 0.15) is 0 Å². The zero-order valence-corrected chi connectivity index (χ0v) is 12.1. The second-order valence-electron chi connectivity index (χ2n) is 4.49. The molecule has 2 aromatic rings. The number of carbonyl (C=O) groups excluding carboxylic acids is 1. The van der Waals surface area contributed by atoms with Crippen molar-refractivity contribution in [3.05, 3.63) is 58.6 Å². The molecule has 0 fully saturated rings. The van der Waals surface area contributed by atoms with E-state index in [2.05, 4.69) is 10.1 Å². The molecule has 0 aromatic heterocycles. The molecule has 0 bridgehead atoms. The SMILES string of the molecule is O=C(COc1ccc([N+](=O)[O-])cc1)Nc1ccc(OC(F)F)cc1. The number of benzene rings is 2. The van der Waals surface area contributed by atoms with Crippen molar-refractivity contribution in [2.75, 3.05) is 11.9 Å². The van der Waals surface area contributed by atoms with E-state index in [9.17, 15) is 23.7 Å². The van der Waals surface area contributed by atoms with Crippen LogP contribution < -0.4 is 14.8 Å². The number of nitrogens with zero attached hydrogens (tertiary/aromatic N) is 1. The summed E-state index contributed by atoms with van der Waals surface area (Å²) in [5, 5.41) is 13.0. The Balaban J connectivity index is 1.83. The van der Waals surface area contributed by atoms with E-state index in [-0.39, 0.29) is 18.0 Å². The number of carbonyl (C=O) groups is 1. The van der Waals surface area contributed by atoms with Crippen LogP contribution in [0.25, 0.3) is 0 Å². The summed E-state index contributed by atoms with van der Waals surface area (Å²) in [5.74, 6) is -0.197. The summed E-state index contributed by atoms with van der Waals surface area (Å²) in [6, 6.07) is 10.7. The van der Waals surface area contributed by atoms with Gasteiger partial charge in [-0.2, -0.15) is 8.78 Å². The summed E-state index contributed by atoms with van der Waals surface area (Å²) in [7, 11) is 0. The summed E-state index contributed by atoms with van der Waals surface area (Å²) in [6.07, 6.45) is 0. The normalized spacial score (nSPS) is 10.3. The van der Waals surface area contributed by atoms with Gasteiger partial charge in [-0.1, -0.05) is 0 Å². The largest absolute Gasteiger partial charge is 0.484 e. The zero-order chi connectivity index (χ0) is 17.5. The van der Waals surface area contributed by atoms with Gasteiger partial charge >= 0.3 is 6.61 Å². The van der Waals surface area contributed by atoms with Gasteiger partial charge in [-0.3, -0.25) is 14.9 Å². The molecule has 0 unspecified atom stereocenters. The standard InChI is InChI=1S/C15H12F2N2O5/c16-15(17)24-13-5-1-10(2-6-13)18-14(20)9-23-12-7-3-11(4-8-12)19(21)22/h1-8,15H,9H2,(H,18,20). The molecule has 0 radical (unpaired) electrons. The van der Waals surface area contributed by atoms with E-state index in [1.807, 2.05) is 0 Å². The van der Waals surface area contributed by atoms with Gasteiger partial charge in [0, 0.05) is 17.8 Å². The van der Waals surface area contributed by atoms with Crippen LogP contribution in [-0.4, -0.2) is 24.0 Å². The number of nitro benzene ring substituents is 1. The third-order valence-corrected chi connectivity index (χ3v) is 2.78. The third-order valence-electron chi connectivity index (χ3n) is 2.78. The maximum atomic E-state index is 12.0. The zero-order valence-electron chi connectivity index (χ0n) is 12.1. The lowest BCUT2D eigenvalue weighted by atomic mass is 10.3. The Hall–Kier alpha value is -3.23. The van der Waals surface area contributed by atoms with Gasteiger partial charge in [-0.05, 0) is 36.4 Å². The van der Waals surface area contributed by atoms with Crippen molar-refractivity contribution in [3.8, 4) is 11.5 Å². The molecule has 0 aliphatic carbocycles. The molecule has 126 valence electrons. The van der Waals surface area contributed by atoms with Gasteiger partial charge in [-0.15, -0.1) is 0 Å². The quantitative estimate of drug-likeness (QED) is 0.618. The Morgan fingerprint density at radius 3 is 2.21 bits per heavy atom. The number of nitro groups is 1. The highest BCUT2D eigenvalue weighted by Gasteiger charge is 2.08. The molecule has 0 atom stereocenters. The predicted molar refractivity (Wildman–Crippen MR) is 80.3 cm³/mol. The van der Waals surface area contributed by atoms with Crippen molar-refractivity contribution < 1.29 is 28.0 Å². The minimum absolute atomic E-state index is 0.0230. The lowest BCUT2D eigenvalue weighted by Crippen LogP contribution is -2.20. The molecule has 0 heterocycles. The number of anilines is 1. The van der Waals surface area contributed by atoms with Crippen LogP contribution in [0.15, 0.2) is 48.5 Å². The molecule has 2 aromatic carbocycles. The number of rotatable bonds is 7. The van der Waals surface area contributed by atoms with Crippen LogP contribution in [0.4, 0.5) is 20.2 Å². The molecule has 0 aliphatic rings. The highest BCUT2D eigenvalue weighted by molar-refractivity contribution is 5.91. The lowest BCUT2D eigenvalue weighted by molar-refractivity contribution is -0.384. The Bertz CT molecular complexity index is 705. The van der Waals surface area contributed by atoms with E-state index >= 15 is 0 Å². The molecule has 2 rings (SSSR count). The van der Waals surface area contributed by atoms with Crippen molar-refractivity contribution in [2.45, 2.75) is 6.61 Å². The van der Waals surface area contributed by atoms with Gasteiger partial charge < -0.3 is 14.8 Å². The van der Waals surface area contributed by atoms with Crippen molar-refractivity contribution in [2.24, 2.45) is 0 Å². The average Bonchev–Trinajstić information content (AvgIpc) is 2.54. The second-order valence-corrected chi connectivity index (χ2v) is 4.49. The minimum atomic E-state index is -2.92. The Labute approximate surface area is 135 Å². The second kappa shape index (κ2) is 7.86. The lowest BCUT2D eigenvalue weighted by Gasteiger charge is -2.08. The summed E-state index contributed by atoms with van der Waals surface area (Å²) in [6.45, 7) is -3.23. The van der Waals surface area contributed by atoms with E-state index in [0.717, 1.165) is 0 Å². The third kappa shape index (κ3) is 5.20. The number of hydrogen-bond acceptors (Lipinski definition) is 5. The van der Waals surface area contributed by atoms with Gasteiger partial charge in [-0.25, -0.2) is 0 Å². The van der Waals surface area contributed by atoms with Crippen LogP contribution in [0.5, 0.6) is 11.5 Å². The number of nitrogens with one attached hydrogen (secondary N) is 1. The van der Waals surface area contributed by atoms with Crippen LogP contribution in [-0.2, 0) is 4.79 Å². The summed E-state index contributed by atoms with van der Waals surface area (Å²) < 4.78 is 33.4. The van der Waals surface area contributed by atoms with Gasteiger partial charge in [0.25, 0.3) is 11.6 Å². The minimum Gasteiger partial charge on any atom is -0.484 e. The summed E-state index contributed by atoms with van der Waals surface area (Å²) in [5.41, 5.74) is 0.298. The monoisotopic (exact) mass is 338 g/mol. The van der Waals surface area contributed by atoms with E-state index in [1.165, 1.54) is 48.5 Å². The van der Waals surface area contributed by atoms with Crippen LogP contribution in [0.2, 0.25) is 0 Å². The molecule has 0 saturated heterocycles. The molecule has 9 heteroatoms. The van der Waals surface area contributed by atoms with Gasteiger partial charge in [0.2, 0.25) is 0 Å². The average molecular weight is 338 g/mol. The van der Waals surface area contributed by atoms with Crippen LogP contribution in [0, 0.1) is 10.1 Å². The molecule has 24 heavy (non-hydrogen) atoms. The van der Waals surface area contributed by atoms with Crippen molar-refractivity contribution in [3.63, 3.8) is 0 Å². The fraction of sp³-hybridized carbons (Fsp3) is 0.133. The van der Waals surface area contributed by atoms with E-state index in [0.29, 0.717) is 11.4 Å². The van der Waals surface area contributed by atoms with E-state index < -0.39 is 17.4 Å². The van der Waals surface area contributed by atoms with Crippen molar-refractivity contribution in [1.29, 1.82) is 0 Å². The Morgan fingerprint density at radius 1 is 1.08 bits per heavy atom. The molecule has 7 nitrogen and oxygen atoms in total. The maximum Gasteiger partial charge on any atom is 0.387 e. The van der Waals surface area contributed by atoms with Gasteiger partial charge in [0.15, 0.2) is 6.61 Å². The smallest absolute Gasteiger partial charge is 0.387 e. The fourth-order valence-electron chi connectivity index (χ4n) is 1.73. The Morgan fingerprint density at radius 2 is 1.67 bits per heavy atom. The first-order chi connectivity index (χ1) is 11.4. The van der Waals surface area contributed by atoms with E-state index in [1.54, 1.807) is 0 Å². The van der Waals surface area contributed by atoms with Crippen molar-refractivity contribution >= 4 is 17.3 Å². The first-order valence-corrected chi connectivity index (χ1v) is 6.66. The van der Waals surface area contributed by atoms with Crippen molar-refractivity contribution in [1.82, 2.24) is 0 Å². The van der Waals surface area contributed by atoms with Gasteiger partial charge in [0.1, 0.15) is 11.5 Å². The molecule has 1 N–H and O–H groups in total. The number of non-ortho nitro benzene ring substituents is 1. The van der Waals surface area contributed by atoms with Gasteiger partial charge in [0.05, 0.1) is 4.92 Å². The highest BCUT2D eigenvalue weighted by atomic mass is 19.3. The molecule has 0 saturated carbocycles. The molecular formula is C15H12F2N2O5. The summed E-state index contributed by atoms with van der Waals surface area (Å²) in [4.78, 5) is 21.7. The first-order valence-electron chi connectivity index (χ1n) is 6.66. The molecule has 0 spiro atoms. The number of ether oxygens (including phenoxy) is 2. The number of amides is 1. The first kappa shape index (κ1) is 17.1. The van der Waals surface area contributed by atoms with E-state index in [4.69, 9.17) is 4.74 Å². The molecule has 1 amide bonds. The fourth-order valence-corrected chi connectivity index (χ4v) is 1.73. The molecule has 0 aliphatic heterocycles. The Kier molecular flexibility index (Phi) is 5.61. The highest BCUT2D eigenvalue weighted by Crippen LogP contribution is 2.19. The predicted octanol–water partition coefficient (Wildman–Crippen LogP) is 3.21. The van der Waals surface area contributed by atoms with Crippen LogP contribution in [0.3, 0.4) is 0 Å². The number of hydrogen-bond donors (Lipinski definition) is 1. The number of alkyl halides is 2. The maximum absolute atomic E-state index is 12.0. The van der Waals surface area contributed by atoms with Crippen LogP contribution >= 0.6 is 0 Å². The topological polar surface area (TPSA) is 90.7 Å².